The molecule has 21 heavy (non-hydrogen) atoms. The number of hydrogen-bond acceptors (Lipinski definition) is 2. The molecule has 118 valence electrons. The van der Waals surface area contributed by atoms with Gasteiger partial charge in [0.2, 0.25) is 0 Å². The van der Waals surface area contributed by atoms with E-state index >= 15 is 0 Å². The lowest BCUT2D eigenvalue weighted by Crippen LogP contribution is -2.44. The molecule has 1 aromatic rings. The van der Waals surface area contributed by atoms with E-state index in [4.69, 9.17) is 10.5 Å². The Morgan fingerprint density at radius 2 is 2.10 bits per heavy atom. The minimum atomic E-state index is -0.00523. The van der Waals surface area contributed by atoms with Crippen molar-refractivity contribution in [2.45, 2.75) is 63.8 Å². The number of hydrogen-bond donors (Lipinski definition) is 1. The summed E-state index contributed by atoms with van der Waals surface area (Å²) in [7, 11) is 0. The summed E-state index contributed by atoms with van der Waals surface area (Å²) in [6.07, 6.45) is 9.94. The third-order valence-electron chi connectivity index (χ3n) is 4.73. The first-order chi connectivity index (χ1) is 10.1. The Labute approximate surface area is 137 Å². The SMILES string of the molecule is CCCCC1CCC(N)(CCOc2cccc(Br)c2)CC1. The Morgan fingerprint density at radius 1 is 1.33 bits per heavy atom. The molecule has 1 saturated carbocycles. The molecule has 1 fully saturated rings. The van der Waals surface area contributed by atoms with Crippen molar-refractivity contribution in [3.8, 4) is 5.75 Å². The molecule has 0 radical (unpaired) electrons. The number of benzene rings is 1. The first-order valence-corrected chi connectivity index (χ1v) is 9.08. The maximum Gasteiger partial charge on any atom is 0.120 e. The van der Waals surface area contributed by atoms with Gasteiger partial charge in [-0.2, -0.15) is 0 Å². The molecule has 0 saturated heterocycles. The van der Waals surface area contributed by atoms with Crippen LogP contribution in [0.3, 0.4) is 0 Å². The van der Waals surface area contributed by atoms with Crippen molar-refractivity contribution in [3.05, 3.63) is 28.7 Å². The summed E-state index contributed by atoms with van der Waals surface area (Å²) < 4.78 is 6.89. The van der Waals surface area contributed by atoms with Gasteiger partial charge < -0.3 is 10.5 Å². The molecule has 0 unspecified atom stereocenters. The fraction of sp³-hybridized carbons (Fsp3) is 0.667. The van der Waals surface area contributed by atoms with Gasteiger partial charge in [0.25, 0.3) is 0 Å². The average Bonchev–Trinajstić information content (AvgIpc) is 2.47. The summed E-state index contributed by atoms with van der Waals surface area (Å²) >= 11 is 3.46. The molecule has 0 heterocycles. The van der Waals surface area contributed by atoms with E-state index in [2.05, 4.69) is 22.9 Å². The summed E-state index contributed by atoms with van der Waals surface area (Å²) in [6.45, 7) is 2.99. The highest BCUT2D eigenvalue weighted by atomic mass is 79.9. The van der Waals surface area contributed by atoms with Gasteiger partial charge in [-0.25, -0.2) is 0 Å². The zero-order chi connectivity index (χ0) is 15.1. The molecule has 0 aromatic heterocycles. The van der Waals surface area contributed by atoms with Crippen LogP contribution in [0.15, 0.2) is 28.7 Å². The minimum absolute atomic E-state index is 0.00523. The normalized spacial score (nSPS) is 25.8. The highest BCUT2D eigenvalue weighted by molar-refractivity contribution is 9.10. The quantitative estimate of drug-likeness (QED) is 0.721. The van der Waals surface area contributed by atoms with Crippen molar-refractivity contribution in [2.75, 3.05) is 6.61 Å². The van der Waals surface area contributed by atoms with Gasteiger partial charge in [-0.3, -0.25) is 0 Å². The van der Waals surface area contributed by atoms with E-state index in [0.717, 1.165) is 35.4 Å². The number of rotatable bonds is 7. The molecule has 1 aliphatic rings. The second-order valence-electron chi connectivity index (χ2n) is 6.50. The van der Waals surface area contributed by atoms with Crippen LogP contribution >= 0.6 is 15.9 Å². The van der Waals surface area contributed by atoms with Crippen molar-refractivity contribution < 1.29 is 4.74 Å². The van der Waals surface area contributed by atoms with Crippen LogP contribution in [0.4, 0.5) is 0 Å². The molecule has 0 spiro atoms. The highest BCUT2D eigenvalue weighted by Crippen LogP contribution is 2.35. The van der Waals surface area contributed by atoms with Crippen LogP contribution in [0, 0.1) is 5.92 Å². The van der Waals surface area contributed by atoms with Crippen molar-refractivity contribution in [2.24, 2.45) is 11.7 Å². The van der Waals surface area contributed by atoms with Gasteiger partial charge in [0.05, 0.1) is 6.61 Å². The summed E-state index contributed by atoms with van der Waals surface area (Å²) in [6, 6.07) is 8.01. The van der Waals surface area contributed by atoms with Crippen molar-refractivity contribution in [1.82, 2.24) is 0 Å². The van der Waals surface area contributed by atoms with E-state index in [-0.39, 0.29) is 5.54 Å². The fourth-order valence-electron chi connectivity index (χ4n) is 3.21. The van der Waals surface area contributed by atoms with Gasteiger partial charge in [0, 0.05) is 10.0 Å². The van der Waals surface area contributed by atoms with Crippen molar-refractivity contribution >= 4 is 15.9 Å². The lowest BCUT2D eigenvalue weighted by Gasteiger charge is -2.37. The molecular weight excluding hydrogens is 326 g/mol. The van der Waals surface area contributed by atoms with Gasteiger partial charge in [-0.05, 0) is 56.2 Å². The average molecular weight is 354 g/mol. The molecule has 1 aliphatic carbocycles. The van der Waals surface area contributed by atoms with Crippen molar-refractivity contribution in [3.63, 3.8) is 0 Å². The first-order valence-electron chi connectivity index (χ1n) is 8.28. The third-order valence-corrected chi connectivity index (χ3v) is 5.22. The first kappa shape index (κ1) is 16.8. The van der Waals surface area contributed by atoms with Gasteiger partial charge >= 0.3 is 0 Å². The molecule has 0 amide bonds. The summed E-state index contributed by atoms with van der Waals surface area (Å²) in [5, 5.41) is 0. The Balaban J connectivity index is 1.71. The Morgan fingerprint density at radius 3 is 2.76 bits per heavy atom. The Kier molecular flexibility index (Phi) is 6.56. The third kappa shape index (κ3) is 5.63. The highest BCUT2D eigenvalue weighted by Gasteiger charge is 2.31. The molecule has 3 heteroatoms. The fourth-order valence-corrected chi connectivity index (χ4v) is 3.59. The van der Waals surface area contributed by atoms with E-state index < -0.39 is 0 Å². The van der Waals surface area contributed by atoms with Gasteiger partial charge in [0.15, 0.2) is 0 Å². The molecule has 1 aromatic carbocycles. The molecule has 2 rings (SSSR count). The predicted octanol–water partition coefficient (Wildman–Crippen LogP) is 5.30. The molecule has 2 nitrogen and oxygen atoms in total. The number of halogens is 1. The molecule has 0 atom stereocenters. The maximum absolute atomic E-state index is 6.55. The molecule has 0 bridgehead atoms. The topological polar surface area (TPSA) is 35.2 Å². The monoisotopic (exact) mass is 353 g/mol. The molecular formula is C18H28BrNO. The summed E-state index contributed by atoms with van der Waals surface area (Å²) in [4.78, 5) is 0. The second-order valence-corrected chi connectivity index (χ2v) is 7.42. The van der Waals surface area contributed by atoms with Crippen LogP contribution in [-0.2, 0) is 0 Å². The van der Waals surface area contributed by atoms with E-state index in [0.29, 0.717) is 6.61 Å². The molecule has 2 N–H and O–H groups in total. The maximum atomic E-state index is 6.55. The molecule has 0 aliphatic heterocycles. The smallest absolute Gasteiger partial charge is 0.120 e. The Hall–Kier alpha value is -0.540. The van der Waals surface area contributed by atoms with E-state index in [1.165, 1.54) is 32.1 Å². The van der Waals surface area contributed by atoms with Crippen LogP contribution in [0.5, 0.6) is 5.75 Å². The van der Waals surface area contributed by atoms with Crippen LogP contribution in [0.2, 0.25) is 0 Å². The zero-order valence-electron chi connectivity index (χ0n) is 13.1. The van der Waals surface area contributed by atoms with Crippen LogP contribution in [0.1, 0.15) is 58.3 Å². The predicted molar refractivity (Wildman–Crippen MR) is 92.7 cm³/mol. The van der Waals surface area contributed by atoms with Gasteiger partial charge in [-0.1, -0.05) is 48.2 Å². The zero-order valence-corrected chi connectivity index (χ0v) is 14.7. The van der Waals surface area contributed by atoms with Gasteiger partial charge in [0.1, 0.15) is 5.75 Å². The minimum Gasteiger partial charge on any atom is -0.493 e. The lowest BCUT2D eigenvalue weighted by molar-refractivity contribution is 0.179. The number of nitrogens with two attached hydrogens (primary N) is 1. The Bertz CT molecular complexity index is 427. The summed E-state index contributed by atoms with van der Waals surface area (Å²) in [5.74, 6) is 1.83. The van der Waals surface area contributed by atoms with Crippen molar-refractivity contribution in [1.29, 1.82) is 0 Å². The van der Waals surface area contributed by atoms with Crippen LogP contribution < -0.4 is 10.5 Å². The summed E-state index contributed by atoms with van der Waals surface area (Å²) in [5.41, 5.74) is 6.55. The van der Waals surface area contributed by atoms with E-state index in [1.807, 2.05) is 24.3 Å². The van der Waals surface area contributed by atoms with E-state index in [1.54, 1.807) is 0 Å². The van der Waals surface area contributed by atoms with E-state index in [9.17, 15) is 0 Å². The number of ether oxygens (including phenoxy) is 1. The second kappa shape index (κ2) is 8.19. The lowest BCUT2D eigenvalue weighted by atomic mass is 9.74. The van der Waals surface area contributed by atoms with Crippen LogP contribution in [-0.4, -0.2) is 12.1 Å². The van der Waals surface area contributed by atoms with Gasteiger partial charge in [-0.15, -0.1) is 0 Å². The number of unbranched alkanes of at least 4 members (excludes halogenated alkanes) is 1. The van der Waals surface area contributed by atoms with Crippen LogP contribution in [0.25, 0.3) is 0 Å². The standard InChI is InChI=1S/C18H28BrNO/c1-2-3-5-15-8-10-18(20,11-9-15)12-13-21-17-7-4-6-16(19)14-17/h4,6-7,14-15H,2-3,5,8-13,20H2,1H3. The largest absolute Gasteiger partial charge is 0.493 e.